The van der Waals surface area contributed by atoms with Crippen LogP contribution in [0, 0.1) is 0 Å². The highest BCUT2D eigenvalue weighted by Crippen LogP contribution is 2.48. The van der Waals surface area contributed by atoms with Crippen LogP contribution in [0.15, 0.2) is 87.5 Å². The van der Waals surface area contributed by atoms with Crippen LogP contribution in [0.3, 0.4) is 0 Å². The van der Waals surface area contributed by atoms with Gasteiger partial charge < -0.3 is 9.90 Å². The van der Waals surface area contributed by atoms with E-state index in [-0.39, 0.29) is 17.2 Å². The molecule has 4 rings (SSSR count). The monoisotopic (exact) mass is 392 g/mol. The van der Waals surface area contributed by atoms with E-state index < -0.39 is 5.97 Å². The van der Waals surface area contributed by atoms with Crippen LogP contribution in [0.1, 0.15) is 10.4 Å². The minimum atomic E-state index is -1.24. The van der Waals surface area contributed by atoms with Crippen LogP contribution in [0.5, 0.6) is 0 Å². The Morgan fingerprint density at radius 3 is 2.04 bits per heavy atom. The van der Waals surface area contributed by atoms with Crippen molar-refractivity contribution >= 4 is 46.8 Å². The van der Waals surface area contributed by atoms with Crippen LogP contribution in [-0.4, -0.2) is 17.6 Å². The SMILES string of the molecule is O=C([O-])c1ccccc1SCC(=O)N1c2ccccc2Sc2ccccc21. The van der Waals surface area contributed by atoms with E-state index in [0.29, 0.717) is 4.90 Å². The molecule has 0 saturated heterocycles. The van der Waals surface area contributed by atoms with Gasteiger partial charge in [-0.25, -0.2) is 0 Å². The zero-order valence-corrected chi connectivity index (χ0v) is 15.8. The third-order valence-electron chi connectivity index (χ3n) is 4.14. The van der Waals surface area contributed by atoms with E-state index in [1.54, 1.807) is 34.9 Å². The second kappa shape index (κ2) is 7.50. The van der Waals surface area contributed by atoms with Crippen LogP contribution in [0.2, 0.25) is 0 Å². The standard InChI is InChI=1S/C21H15NO3S2/c23-20(13-26-17-10-4-1-7-14(17)21(24)25)22-15-8-2-5-11-18(15)27-19-12-6-3-9-16(19)22/h1-12H,13H2,(H,24,25)/p-1. The number of anilines is 2. The van der Waals surface area contributed by atoms with E-state index >= 15 is 0 Å². The molecule has 0 radical (unpaired) electrons. The van der Waals surface area contributed by atoms with Gasteiger partial charge in [0.05, 0.1) is 23.1 Å². The fraction of sp³-hybridized carbons (Fsp3) is 0.0476. The molecule has 0 spiro atoms. The minimum Gasteiger partial charge on any atom is -0.545 e. The Balaban J connectivity index is 1.64. The largest absolute Gasteiger partial charge is 0.545 e. The Labute approximate surface area is 165 Å². The predicted octanol–water partition coefficient (Wildman–Crippen LogP) is 3.97. The van der Waals surface area contributed by atoms with Gasteiger partial charge in [-0.05, 0) is 30.3 Å². The van der Waals surface area contributed by atoms with Gasteiger partial charge in [0.15, 0.2) is 0 Å². The molecule has 3 aromatic carbocycles. The Hall–Kier alpha value is -2.70. The summed E-state index contributed by atoms with van der Waals surface area (Å²) in [4.78, 5) is 28.7. The smallest absolute Gasteiger partial charge is 0.241 e. The van der Waals surface area contributed by atoms with Gasteiger partial charge in [-0.2, -0.15) is 0 Å². The molecule has 0 aliphatic carbocycles. The third-order valence-corrected chi connectivity index (χ3v) is 6.33. The third kappa shape index (κ3) is 3.46. The number of thioether (sulfide) groups is 1. The first-order valence-corrected chi connectivity index (χ1v) is 10.1. The van der Waals surface area contributed by atoms with Gasteiger partial charge in [0, 0.05) is 20.2 Å². The molecule has 6 heteroatoms. The number of aromatic carboxylic acids is 1. The second-order valence-corrected chi connectivity index (χ2v) is 7.94. The maximum absolute atomic E-state index is 13.1. The first-order valence-electron chi connectivity index (χ1n) is 8.27. The summed E-state index contributed by atoms with van der Waals surface area (Å²) in [6.07, 6.45) is 0. The summed E-state index contributed by atoms with van der Waals surface area (Å²) in [7, 11) is 0. The van der Waals surface area contributed by atoms with Gasteiger partial charge in [0.2, 0.25) is 5.91 Å². The Morgan fingerprint density at radius 2 is 1.41 bits per heavy atom. The molecule has 3 aromatic rings. The summed E-state index contributed by atoms with van der Waals surface area (Å²) >= 11 is 2.85. The Bertz CT molecular complexity index is 990. The number of carbonyl (C=O) groups excluding carboxylic acids is 2. The summed E-state index contributed by atoms with van der Waals surface area (Å²) in [5.74, 6) is -1.22. The van der Waals surface area contributed by atoms with Gasteiger partial charge >= 0.3 is 0 Å². The lowest BCUT2D eigenvalue weighted by molar-refractivity contribution is -0.255. The van der Waals surface area contributed by atoms with Crippen molar-refractivity contribution in [1.82, 2.24) is 0 Å². The van der Waals surface area contributed by atoms with Crippen LogP contribution in [0.4, 0.5) is 11.4 Å². The minimum absolute atomic E-state index is 0.102. The molecule has 0 atom stereocenters. The molecule has 0 bridgehead atoms. The quantitative estimate of drug-likeness (QED) is 0.629. The molecule has 0 fully saturated rings. The van der Waals surface area contributed by atoms with E-state index in [1.807, 2.05) is 48.5 Å². The highest BCUT2D eigenvalue weighted by Gasteiger charge is 2.27. The van der Waals surface area contributed by atoms with Gasteiger partial charge in [0.1, 0.15) is 0 Å². The van der Waals surface area contributed by atoms with E-state index in [4.69, 9.17) is 0 Å². The van der Waals surface area contributed by atoms with Crippen LogP contribution in [0.25, 0.3) is 0 Å². The molecule has 0 N–H and O–H groups in total. The van der Waals surface area contributed by atoms with Crippen molar-refractivity contribution in [3.05, 3.63) is 78.4 Å². The lowest BCUT2D eigenvalue weighted by atomic mass is 10.2. The van der Waals surface area contributed by atoms with Crippen molar-refractivity contribution in [2.45, 2.75) is 14.7 Å². The number of carboxylic acid groups (broad SMARTS) is 1. The van der Waals surface area contributed by atoms with Gasteiger partial charge in [-0.15, -0.1) is 11.8 Å². The fourth-order valence-corrected chi connectivity index (χ4v) is 4.89. The van der Waals surface area contributed by atoms with Gasteiger partial charge in [-0.1, -0.05) is 54.2 Å². The molecule has 1 aliphatic heterocycles. The summed E-state index contributed by atoms with van der Waals surface area (Å²) < 4.78 is 0. The zero-order valence-electron chi connectivity index (χ0n) is 14.1. The molecule has 1 amide bonds. The molecular weight excluding hydrogens is 378 g/mol. The van der Waals surface area contributed by atoms with E-state index in [2.05, 4.69) is 0 Å². The van der Waals surface area contributed by atoms with Crippen molar-refractivity contribution in [2.75, 3.05) is 10.7 Å². The molecule has 134 valence electrons. The van der Waals surface area contributed by atoms with Crippen molar-refractivity contribution in [3.63, 3.8) is 0 Å². The number of carboxylic acids is 1. The number of fused-ring (bicyclic) bond motifs is 2. The molecule has 1 aliphatic rings. The lowest BCUT2D eigenvalue weighted by Crippen LogP contribution is -2.30. The van der Waals surface area contributed by atoms with Crippen LogP contribution < -0.4 is 10.0 Å². The number of carbonyl (C=O) groups is 2. The number of hydrogen-bond acceptors (Lipinski definition) is 5. The van der Waals surface area contributed by atoms with Crippen molar-refractivity contribution in [1.29, 1.82) is 0 Å². The number of amides is 1. The van der Waals surface area contributed by atoms with Crippen molar-refractivity contribution in [3.8, 4) is 0 Å². The highest BCUT2D eigenvalue weighted by molar-refractivity contribution is 8.00. The number of hydrogen-bond donors (Lipinski definition) is 0. The number of benzene rings is 3. The zero-order chi connectivity index (χ0) is 18.8. The maximum Gasteiger partial charge on any atom is 0.241 e. The first-order chi connectivity index (χ1) is 13.1. The molecule has 4 nitrogen and oxygen atoms in total. The highest BCUT2D eigenvalue weighted by atomic mass is 32.2. The number of rotatable bonds is 4. The van der Waals surface area contributed by atoms with Crippen molar-refractivity contribution < 1.29 is 14.7 Å². The average Bonchev–Trinajstić information content (AvgIpc) is 2.70. The molecule has 27 heavy (non-hydrogen) atoms. The van der Waals surface area contributed by atoms with E-state index in [0.717, 1.165) is 21.2 Å². The summed E-state index contributed by atoms with van der Waals surface area (Å²) in [6.45, 7) is 0. The fourth-order valence-electron chi connectivity index (χ4n) is 2.94. The predicted molar refractivity (Wildman–Crippen MR) is 106 cm³/mol. The Morgan fingerprint density at radius 1 is 0.852 bits per heavy atom. The topological polar surface area (TPSA) is 60.4 Å². The molecule has 1 heterocycles. The van der Waals surface area contributed by atoms with Crippen LogP contribution in [-0.2, 0) is 4.79 Å². The van der Waals surface area contributed by atoms with E-state index in [1.165, 1.54) is 17.8 Å². The second-order valence-electron chi connectivity index (χ2n) is 5.84. The molecular formula is C21H14NO3S2-. The molecule has 0 saturated carbocycles. The number of nitrogens with zero attached hydrogens (tertiary/aromatic N) is 1. The normalized spacial score (nSPS) is 12.2. The maximum atomic E-state index is 13.1. The molecule has 0 aromatic heterocycles. The van der Waals surface area contributed by atoms with Gasteiger partial charge in [0.25, 0.3) is 0 Å². The van der Waals surface area contributed by atoms with Crippen LogP contribution >= 0.6 is 23.5 Å². The van der Waals surface area contributed by atoms with Crippen molar-refractivity contribution in [2.24, 2.45) is 0 Å². The van der Waals surface area contributed by atoms with E-state index in [9.17, 15) is 14.7 Å². The number of para-hydroxylation sites is 2. The van der Waals surface area contributed by atoms with Gasteiger partial charge in [-0.3, -0.25) is 9.69 Å². The molecule has 0 unspecified atom stereocenters. The summed E-state index contributed by atoms with van der Waals surface area (Å²) in [5.41, 5.74) is 1.80. The average molecular weight is 392 g/mol. The Kier molecular flexibility index (Phi) is 4.92. The lowest BCUT2D eigenvalue weighted by Gasteiger charge is -2.31. The summed E-state index contributed by atoms with van der Waals surface area (Å²) in [6, 6.07) is 22.1. The first kappa shape index (κ1) is 17.7. The summed E-state index contributed by atoms with van der Waals surface area (Å²) in [5, 5.41) is 11.3.